The molecule has 0 spiro atoms. The van der Waals surface area contributed by atoms with Gasteiger partial charge < -0.3 is 15.6 Å². The average Bonchev–Trinajstić information content (AvgIpc) is 2.86. The number of rotatable bonds is 6. The Labute approximate surface area is 140 Å². The number of amides is 2. The fourth-order valence-electron chi connectivity index (χ4n) is 2.61. The molecule has 0 fully saturated rings. The number of Topliss-reactive ketones (excluding diaryl/α,β-unsaturated/α-hetero) is 1. The number of aromatic nitrogens is 1. The van der Waals surface area contributed by atoms with Crippen molar-refractivity contribution in [2.24, 2.45) is 0 Å². The number of H-pyrrole nitrogens is 1. The van der Waals surface area contributed by atoms with Crippen molar-refractivity contribution in [2.75, 3.05) is 6.54 Å². The van der Waals surface area contributed by atoms with Crippen LogP contribution in [-0.2, 0) is 11.3 Å². The Morgan fingerprint density at radius 2 is 1.71 bits per heavy atom. The lowest BCUT2D eigenvalue weighted by Gasteiger charge is -2.07. The van der Waals surface area contributed by atoms with Crippen LogP contribution in [0.4, 0.5) is 0 Å². The summed E-state index contributed by atoms with van der Waals surface area (Å²) < 4.78 is 0. The summed E-state index contributed by atoms with van der Waals surface area (Å²) in [6.45, 7) is 5.20. The average molecular weight is 327 g/mol. The molecule has 1 aromatic carbocycles. The third-order valence-corrected chi connectivity index (χ3v) is 3.76. The predicted molar refractivity (Wildman–Crippen MR) is 90.9 cm³/mol. The molecule has 0 aliphatic carbocycles. The van der Waals surface area contributed by atoms with Gasteiger partial charge >= 0.3 is 0 Å². The minimum atomic E-state index is -0.405. The SMILES string of the molecule is CC(=O)c1c(C)[nH]c(C(=O)NCC(=O)NCc2ccccc2)c1C. The van der Waals surface area contributed by atoms with E-state index in [4.69, 9.17) is 0 Å². The Balaban J connectivity index is 1.90. The van der Waals surface area contributed by atoms with Crippen LogP contribution in [0.25, 0.3) is 0 Å². The topological polar surface area (TPSA) is 91.1 Å². The Morgan fingerprint density at radius 3 is 2.29 bits per heavy atom. The van der Waals surface area contributed by atoms with Gasteiger partial charge in [0.2, 0.25) is 5.91 Å². The van der Waals surface area contributed by atoms with Gasteiger partial charge in [-0.15, -0.1) is 0 Å². The lowest BCUT2D eigenvalue weighted by Crippen LogP contribution is -2.37. The Kier molecular flexibility index (Phi) is 5.52. The minimum Gasteiger partial charge on any atom is -0.354 e. The van der Waals surface area contributed by atoms with E-state index < -0.39 is 5.91 Å². The highest BCUT2D eigenvalue weighted by atomic mass is 16.2. The van der Waals surface area contributed by atoms with Gasteiger partial charge in [0.25, 0.3) is 5.91 Å². The van der Waals surface area contributed by atoms with E-state index >= 15 is 0 Å². The first-order valence-electron chi connectivity index (χ1n) is 7.69. The second kappa shape index (κ2) is 7.59. The summed E-state index contributed by atoms with van der Waals surface area (Å²) in [4.78, 5) is 38.5. The van der Waals surface area contributed by atoms with Crippen molar-refractivity contribution in [3.8, 4) is 0 Å². The van der Waals surface area contributed by atoms with Crippen molar-refractivity contribution in [3.05, 3.63) is 58.4 Å². The highest BCUT2D eigenvalue weighted by molar-refractivity contribution is 6.03. The lowest BCUT2D eigenvalue weighted by atomic mass is 10.1. The van der Waals surface area contributed by atoms with E-state index in [-0.39, 0.29) is 18.2 Å². The van der Waals surface area contributed by atoms with Crippen molar-refractivity contribution < 1.29 is 14.4 Å². The maximum absolute atomic E-state index is 12.2. The van der Waals surface area contributed by atoms with Crippen LogP contribution in [0.5, 0.6) is 0 Å². The summed E-state index contributed by atoms with van der Waals surface area (Å²) in [5, 5.41) is 5.30. The zero-order valence-corrected chi connectivity index (χ0v) is 14.0. The number of aryl methyl sites for hydroxylation is 1. The third-order valence-electron chi connectivity index (χ3n) is 3.76. The van der Waals surface area contributed by atoms with Crippen LogP contribution in [0.2, 0.25) is 0 Å². The molecule has 0 saturated heterocycles. The minimum absolute atomic E-state index is 0.0964. The third kappa shape index (κ3) is 4.10. The van der Waals surface area contributed by atoms with E-state index in [1.165, 1.54) is 6.92 Å². The smallest absolute Gasteiger partial charge is 0.268 e. The van der Waals surface area contributed by atoms with E-state index in [0.29, 0.717) is 29.1 Å². The summed E-state index contributed by atoms with van der Waals surface area (Å²) in [6, 6.07) is 9.51. The van der Waals surface area contributed by atoms with Gasteiger partial charge in [0.15, 0.2) is 5.78 Å². The van der Waals surface area contributed by atoms with Gasteiger partial charge in [-0.05, 0) is 31.9 Å². The number of carbonyl (C=O) groups is 3. The van der Waals surface area contributed by atoms with Gasteiger partial charge in [0.1, 0.15) is 5.69 Å². The normalized spacial score (nSPS) is 10.3. The fraction of sp³-hybridized carbons (Fsp3) is 0.278. The van der Waals surface area contributed by atoms with Crippen LogP contribution in [-0.4, -0.2) is 29.1 Å². The molecule has 6 heteroatoms. The maximum Gasteiger partial charge on any atom is 0.268 e. The molecule has 0 bridgehead atoms. The van der Waals surface area contributed by atoms with Crippen molar-refractivity contribution in [3.63, 3.8) is 0 Å². The molecule has 0 aliphatic rings. The van der Waals surface area contributed by atoms with Gasteiger partial charge in [-0.3, -0.25) is 14.4 Å². The first-order valence-corrected chi connectivity index (χ1v) is 7.69. The molecule has 0 unspecified atom stereocenters. The standard InChI is InChI=1S/C18H21N3O3/c1-11-16(13(3)22)12(2)21-17(11)18(24)20-10-15(23)19-9-14-7-5-4-6-8-14/h4-8,21H,9-10H2,1-3H3,(H,19,23)(H,20,24). The highest BCUT2D eigenvalue weighted by Crippen LogP contribution is 2.18. The van der Waals surface area contributed by atoms with Crippen molar-refractivity contribution in [1.82, 2.24) is 15.6 Å². The van der Waals surface area contributed by atoms with E-state index in [0.717, 1.165) is 5.56 Å². The Morgan fingerprint density at radius 1 is 1.04 bits per heavy atom. The van der Waals surface area contributed by atoms with Gasteiger partial charge in [-0.1, -0.05) is 30.3 Å². The summed E-state index contributed by atoms with van der Waals surface area (Å²) in [6.07, 6.45) is 0. The molecule has 0 atom stereocenters. The molecule has 1 aromatic heterocycles. The van der Waals surface area contributed by atoms with Crippen LogP contribution in [0.1, 0.15) is 44.6 Å². The molecule has 2 aromatic rings. The quantitative estimate of drug-likeness (QED) is 0.708. The molecule has 0 aliphatic heterocycles. The summed E-state index contributed by atoms with van der Waals surface area (Å²) in [5.74, 6) is -0.779. The zero-order chi connectivity index (χ0) is 17.7. The number of hydrogen-bond donors (Lipinski definition) is 3. The number of nitrogens with one attached hydrogen (secondary N) is 3. The van der Waals surface area contributed by atoms with Gasteiger partial charge in [-0.25, -0.2) is 0 Å². The molecular weight excluding hydrogens is 306 g/mol. The fourth-order valence-corrected chi connectivity index (χ4v) is 2.61. The van der Waals surface area contributed by atoms with Gasteiger partial charge in [-0.2, -0.15) is 0 Å². The van der Waals surface area contributed by atoms with Crippen molar-refractivity contribution >= 4 is 17.6 Å². The molecule has 1 heterocycles. The molecule has 3 N–H and O–H groups in total. The summed E-state index contributed by atoms with van der Waals surface area (Å²) in [7, 11) is 0. The first kappa shape index (κ1) is 17.5. The monoisotopic (exact) mass is 327 g/mol. The second-order valence-electron chi connectivity index (χ2n) is 5.63. The highest BCUT2D eigenvalue weighted by Gasteiger charge is 2.19. The number of hydrogen-bond acceptors (Lipinski definition) is 3. The van der Waals surface area contributed by atoms with Gasteiger partial charge in [0.05, 0.1) is 6.54 Å². The van der Waals surface area contributed by atoms with Crippen molar-refractivity contribution in [1.29, 1.82) is 0 Å². The van der Waals surface area contributed by atoms with Gasteiger partial charge in [0, 0.05) is 17.8 Å². The molecular formula is C18H21N3O3. The Hall–Kier alpha value is -2.89. The molecule has 2 amide bonds. The molecule has 2 rings (SSSR count). The molecule has 0 radical (unpaired) electrons. The predicted octanol–water partition coefficient (Wildman–Crippen LogP) is 1.88. The van der Waals surface area contributed by atoms with E-state index in [1.54, 1.807) is 13.8 Å². The zero-order valence-electron chi connectivity index (χ0n) is 14.0. The number of aromatic amines is 1. The molecule has 24 heavy (non-hydrogen) atoms. The number of benzene rings is 1. The molecule has 0 saturated carbocycles. The van der Waals surface area contributed by atoms with Crippen LogP contribution in [0.15, 0.2) is 30.3 Å². The maximum atomic E-state index is 12.2. The van der Waals surface area contributed by atoms with Crippen LogP contribution >= 0.6 is 0 Å². The molecule has 126 valence electrons. The van der Waals surface area contributed by atoms with E-state index in [9.17, 15) is 14.4 Å². The Bertz CT molecular complexity index is 763. The summed E-state index contributed by atoms with van der Waals surface area (Å²) in [5.41, 5.74) is 3.07. The number of carbonyl (C=O) groups excluding carboxylic acids is 3. The van der Waals surface area contributed by atoms with E-state index in [2.05, 4.69) is 15.6 Å². The van der Waals surface area contributed by atoms with Crippen LogP contribution in [0.3, 0.4) is 0 Å². The largest absolute Gasteiger partial charge is 0.354 e. The van der Waals surface area contributed by atoms with E-state index in [1.807, 2.05) is 30.3 Å². The first-order chi connectivity index (χ1) is 11.4. The summed E-state index contributed by atoms with van der Waals surface area (Å²) >= 11 is 0. The molecule has 6 nitrogen and oxygen atoms in total. The second-order valence-corrected chi connectivity index (χ2v) is 5.63. The number of ketones is 1. The lowest BCUT2D eigenvalue weighted by molar-refractivity contribution is -0.120. The van der Waals surface area contributed by atoms with Crippen LogP contribution < -0.4 is 10.6 Å². The van der Waals surface area contributed by atoms with Crippen LogP contribution in [0, 0.1) is 13.8 Å². The van der Waals surface area contributed by atoms with Crippen molar-refractivity contribution in [2.45, 2.75) is 27.3 Å².